The van der Waals surface area contributed by atoms with Crippen LogP contribution in [0.4, 0.5) is 14.9 Å². The van der Waals surface area contributed by atoms with Crippen LogP contribution < -0.4 is 16.4 Å². The highest BCUT2D eigenvalue weighted by molar-refractivity contribution is 5.89. The number of rotatable bonds is 4. The molecule has 1 rings (SSSR count). The summed E-state index contributed by atoms with van der Waals surface area (Å²) in [6.45, 7) is 2.30. The van der Waals surface area contributed by atoms with Crippen molar-refractivity contribution < 1.29 is 9.18 Å². The second kappa shape index (κ2) is 6.07. The van der Waals surface area contributed by atoms with Gasteiger partial charge in [-0.2, -0.15) is 0 Å². The predicted molar refractivity (Wildman–Crippen MR) is 61.7 cm³/mol. The molecule has 4 nitrogen and oxygen atoms in total. The van der Waals surface area contributed by atoms with Crippen molar-refractivity contribution in [1.29, 1.82) is 0 Å². The molecule has 0 radical (unpaired) electrons. The highest BCUT2D eigenvalue weighted by Crippen LogP contribution is 2.11. The molecule has 0 saturated carbocycles. The van der Waals surface area contributed by atoms with Crippen molar-refractivity contribution in [3.05, 3.63) is 30.1 Å². The molecule has 0 fully saturated rings. The van der Waals surface area contributed by atoms with Crippen LogP contribution in [-0.4, -0.2) is 18.6 Å². The Balaban J connectivity index is 2.43. The third-order valence-electron chi connectivity index (χ3n) is 2.17. The van der Waals surface area contributed by atoms with Crippen molar-refractivity contribution >= 4 is 11.7 Å². The molecule has 0 bridgehead atoms. The summed E-state index contributed by atoms with van der Waals surface area (Å²) >= 11 is 0. The summed E-state index contributed by atoms with van der Waals surface area (Å²) in [6.07, 6.45) is 0.778. The van der Waals surface area contributed by atoms with Gasteiger partial charge in [0.2, 0.25) is 0 Å². The quantitative estimate of drug-likeness (QED) is 0.729. The number of benzene rings is 1. The van der Waals surface area contributed by atoms with Gasteiger partial charge in [0.15, 0.2) is 0 Å². The van der Waals surface area contributed by atoms with Crippen LogP contribution >= 0.6 is 0 Å². The summed E-state index contributed by atoms with van der Waals surface area (Å²) in [7, 11) is 0. The Hall–Kier alpha value is -1.62. The van der Waals surface area contributed by atoms with Gasteiger partial charge in [-0.3, -0.25) is 0 Å². The second-order valence-corrected chi connectivity index (χ2v) is 3.48. The van der Waals surface area contributed by atoms with Gasteiger partial charge in [-0.15, -0.1) is 0 Å². The summed E-state index contributed by atoms with van der Waals surface area (Å²) in [5.74, 6) is -0.461. The number of urea groups is 1. The zero-order valence-electron chi connectivity index (χ0n) is 9.16. The van der Waals surface area contributed by atoms with Crippen LogP contribution in [0.25, 0.3) is 0 Å². The van der Waals surface area contributed by atoms with Gasteiger partial charge in [0, 0.05) is 12.6 Å². The van der Waals surface area contributed by atoms with E-state index in [1.165, 1.54) is 12.1 Å². The first-order chi connectivity index (χ1) is 7.63. The third kappa shape index (κ3) is 3.86. The van der Waals surface area contributed by atoms with E-state index >= 15 is 0 Å². The molecule has 0 aliphatic rings. The number of hydrogen-bond donors (Lipinski definition) is 3. The van der Waals surface area contributed by atoms with Gasteiger partial charge in [-0.05, 0) is 18.6 Å². The van der Waals surface area contributed by atoms with E-state index < -0.39 is 11.8 Å². The van der Waals surface area contributed by atoms with E-state index in [9.17, 15) is 9.18 Å². The van der Waals surface area contributed by atoms with Crippen LogP contribution in [0, 0.1) is 5.82 Å². The molecule has 0 heterocycles. The molecule has 4 N–H and O–H groups in total. The lowest BCUT2D eigenvalue weighted by atomic mass is 10.2. The van der Waals surface area contributed by atoms with Crippen LogP contribution in [0.1, 0.15) is 13.3 Å². The van der Waals surface area contributed by atoms with E-state index in [0.29, 0.717) is 6.54 Å². The lowest BCUT2D eigenvalue weighted by Crippen LogP contribution is -2.39. The molecule has 1 unspecified atom stereocenters. The van der Waals surface area contributed by atoms with Gasteiger partial charge in [-0.1, -0.05) is 19.1 Å². The van der Waals surface area contributed by atoms with Gasteiger partial charge in [-0.25, -0.2) is 9.18 Å². The molecule has 0 saturated heterocycles. The molecule has 1 aromatic rings. The zero-order chi connectivity index (χ0) is 12.0. The van der Waals surface area contributed by atoms with Crippen molar-refractivity contribution in [2.24, 2.45) is 5.73 Å². The monoisotopic (exact) mass is 225 g/mol. The number of halogens is 1. The molecule has 88 valence electrons. The van der Waals surface area contributed by atoms with Crippen molar-refractivity contribution in [3.63, 3.8) is 0 Å². The van der Waals surface area contributed by atoms with Crippen LogP contribution in [0.3, 0.4) is 0 Å². The minimum atomic E-state index is -0.461. The highest BCUT2D eigenvalue weighted by atomic mass is 19.1. The van der Waals surface area contributed by atoms with Crippen LogP contribution in [-0.2, 0) is 0 Å². The highest BCUT2D eigenvalue weighted by Gasteiger charge is 2.06. The largest absolute Gasteiger partial charge is 0.336 e. The SMILES string of the molecule is CCC(N)CNC(=O)Nc1ccccc1F. The first-order valence-corrected chi connectivity index (χ1v) is 5.18. The number of anilines is 1. The fourth-order valence-corrected chi connectivity index (χ4v) is 1.10. The molecule has 0 aliphatic heterocycles. The topological polar surface area (TPSA) is 67.1 Å². The maximum atomic E-state index is 13.1. The van der Waals surface area contributed by atoms with Crippen molar-refractivity contribution in [1.82, 2.24) is 5.32 Å². The summed E-state index contributed by atoms with van der Waals surface area (Å²) in [5.41, 5.74) is 5.79. The minimum Gasteiger partial charge on any atom is -0.336 e. The molecule has 5 heteroatoms. The number of hydrogen-bond acceptors (Lipinski definition) is 2. The Morgan fingerprint density at radius 3 is 2.81 bits per heavy atom. The van der Waals surface area contributed by atoms with Crippen molar-refractivity contribution in [2.75, 3.05) is 11.9 Å². The molecular weight excluding hydrogens is 209 g/mol. The molecule has 0 aliphatic carbocycles. The number of nitrogens with two attached hydrogens (primary N) is 1. The van der Waals surface area contributed by atoms with Gasteiger partial charge in [0.05, 0.1) is 5.69 Å². The Kier molecular flexibility index (Phi) is 4.72. The smallest absolute Gasteiger partial charge is 0.319 e. The van der Waals surface area contributed by atoms with Crippen LogP contribution in [0.2, 0.25) is 0 Å². The van der Waals surface area contributed by atoms with Crippen LogP contribution in [0.15, 0.2) is 24.3 Å². The zero-order valence-corrected chi connectivity index (χ0v) is 9.16. The van der Waals surface area contributed by atoms with Crippen molar-refractivity contribution in [3.8, 4) is 0 Å². The number of para-hydroxylation sites is 1. The Labute approximate surface area is 94.0 Å². The lowest BCUT2D eigenvalue weighted by Gasteiger charge is -2.11. The Morgan fingerprint density at radius 1 is 1.50 bits per heavy atom. The van der Waals surface area contributed by atoms with E-state index in [4.69, 9.17) is 5.73 Å². The summed E-state index contributed by atoms with van der Waals surface area (Å²) in [6, 6.07) is 5.46. The van der Waals surface area contributed by atoms with Gasteiger partial charge >= 0.3 is 6.03 Å². The average Bonchev–Trinajstić information content (AvgIpc) is 2.29. The maximum Gasteiger partial charge on any atom is 0.319 e. The predicted octanol–water partition coefficient (Wildman–Crippen LogP) is 1.68. The molecule has 0 aromatic heterocycles. The Morgan fingerprint density at radius 2 is 2.19 bits per heavy atom. The molecule has 2 amide bonds. The van der Waals surface area contributed by atoms with Crippen molar-refractivity contribution in [2.45, 2.75) is 19.4 Å². The second-order valence-electron chi connectivity index (χ2n) is 3.48. The van der Waals surface area contributed by atoms with Gasteiger partial charge in [0.1, 0.15) is 5.82 Å². The number of carbonyl (C=O) groups excluding carboxylic acids is 1. The third-order valence-corrected chi connectivity index (χ3v) is 2.17. The number of amides is 2. The molecule has 16 heavy (non-hydrogen) atoms. The van der Waals surface area contributed by atoms with E-state index in [2.05, 4.69) is 10.6 Å². The average molecular weight is 225 g/mol. The molecule has 1 aromatic carbocycles. The number of carbonyl (C=O) groups is 1. The fraction of sp³-hybridized carbons (Fsp3) is 0.364. The molecule has 1 atom stereocenters. The fourth-order valence-electron chi connectivity index (χ4n) is 1.10. The summed E-state index contributed by atoms with van der Waals surface area (Å²) < 4.78 is 13.1. The summed E-state index contributed by atoms with van der Waals surface area (Å²) in [4.78, 5) is 11.3. The first-order valence-electron chi connectivity index (χ1n) is 5.18. The van der Waals surface area contributed by atoms with E-state index in [-0.39, 0.29) is 11.7 Å². The minimum absolute atomic E-state index is 0.0774. The maximum absolute atomic E-state index is 13.1. The van der Waals surface area contributed by atoms with Gasteiger partial charge in [0.25, 0.3) is 0 Å². The van der Waals surface area contributed by atoms with Gasteiger partial charge < -0.3 is 16.4 Å². The Bertz CT molecular complexity index is 357. The molecule has 0 spiro atoms. The first kappa shape index (κ1) is 12.4. The number of nitrogens with one attached hydrogen (secondary N) is 2. The van der Waals surface area contributed by atoms with E-state index in [0.717, 1.165) is 6.42 Å². The normalized spacial score (nSPS) is 11.9. The van der Waals surface area contributed by atoms with Crippen LogP contribution in [0.5, 0.6) is 0 Å². The summed E-state index contributed by atoms with van der Waals surface area (Å²) in [5, 5.41) is 4.98. The van der Waals surface area contributed by atoms with E-state index in [1.807, 2.05) is 6.92 Å². The standard InChI is InChI=1S/C11H16FN3O/c1-2-8(13)7-14-11(16)15-10-6-4-3-5-9(10)12/h3-6,8H,2,7,13H2,1H3,(H2,14,15,16). The van der Waals surface area contributed by atoms with E-state index in [1.54, 1.807) is 12.1 Å². The molecular formula is C11H16FN3O. The lowest BCUT2D eigenvalue weighted by molar-refractivity contribution is 0.251.